The minimum Gasteiger partial charge on any atom is -0.493 e. The third-order valence-electron chi connectivity index (χ3n) is 6.17. The van der Waals surface area contributed by atoms with Gasteiger partial charge in [0.15, 0.2) is 0 Å². The van der Waals surface area contributed by atoms with Crippen molar-refractivity contribution in [3.63, 3.8) is 0 Å². The van der Waals surface area contributed by atoms with Crippen LogP contribution in [0.3, 0.4) is 0 Å². The summed E-state index contributed by atoms with van der Waals surface area (Å²) < 4.78 is 11.2. The van der Waals surface area contributed by atoms with Crippen molar-refractivity contribution in [3.05, 3.63) is 114 Å². The Bertz CT molecular complexity index is 1510. The number of carboxylic acid groups (broad SMARTS) is 1. The number of fused-ring (bicyclic) bond motifs is 2. The van der Waals surface area contributed by atoms with E-state index in [1.165, 1.54) is 5.56 Å². The number of nitrogens with one attached hydrogen (secondary N) is 1. The highest BCUT2D eigenvalue weighted by atomic mass is 16.7. The summed E-state index contributed by atoms with van der Waals surface area (Å²) in [6.45, 7) is 0.507. The lowest BCUT2D eigenvalue weighted by Gasteiger charge is -2.09. The van der Waals surface area contributed by atoms with E-state index in [-0.39, 0.29) is 5.88 Å². The number of aryl methyl sites for hydroxylation is 1. The number of benzene rings is 4. The zero-order valence-corrected chi connectivity index (χ0v) is 19.8. The lowest BCUT2D eigenvalue weighted by atomic mass is 10.1. The molecule has 0 saturated heterocycles. The van der Waals surface area contributed by atoms with E-state index in [2.05, 4.69) is 47.5 Å². The summed E-state index contributed by atoms with van der Waals surface area (Å²) in [4.78, 5) is 14.5. The summed E-state index contributed by atoms with van der Waals surface area (Å²) in [6.07, 6.45) is 5.04. The number of rotatable bonds is 9. The van der Waals surface area contributed by atoms with Gasteiger partial charge < -0.3 is 19.6 Å². The standard InChI is InChI=1S/C31H27NO4/c33-31(34)36-30-27(16-8-20-35-29-17-7-14-24-13-4-5-15-25(24)29)26-19-18-23(21-28(26)32-30)12-6-11-22-9-2-1-3-10-22/h1-7,9-10,12-15,17-19,21,32H,8,11,16,20H2,(H,33,34)/b12-6+. The van der Waals surface area contributed by atoms with Crippen LogP contribution in [-0.4, -0.2) is 22.9 Å². The first-order valence-electron chi connectivity index (χ1n) is 12.0. The maximum absolute atomic E-state index is 11.3. The summed E-state index contributed by atoms with van der Waals surface area (Å²) in [7, 11) is 0. The predicted molar refractivity (Wildman–Crippen MR) is 144 cm³/mol. The fourth-order valence-corrected chi connectivity index (χ4v) is 4.47. The molecule has 0 amide bonds. The highest BCUT2D eigenvalue weighted by Gasteiger charge is 2.16. The second-order valence-electron chi connectivity index (χ2n) is 8.63. The Morgan fingerprint density at radius 1 is 0.889 bits per heavy atom. The second-order valence-corrected chi connectivity index (χ2v) is 8.63. The van der Waals surface area contributed by atoms with Crippen LogP contribution in [0.1, 0.15) is 23.1 Å². The van der Waals surface area contributed by atoms with Gasteiger partial charge in [0.2, 0.25) is 5.88 Å². The van der Waals surface area contributed by atoms with E-state index in [9.17, 15) is 9.90 Å². The molecule has 0 aliphatic rings. The lowest BCUT2D eigenvalue weighted by molar-refractivity contribution is 0.142. The molecule has 5 heteroatoms. The average molecular weight is 478 g/mol. The van der Waals surface area contributed by atoms with E-state index < -0.39 is 6.16 Å². The van der Waals surface area contributed by atoms with Crippen molar-refractivity contribution >= 4 is 33.9 Å². The van der Waals surface area contributed by atoms with Gasteiger partial charge in [-0.15, -0.1) is 0 Å². The second kappa shape index (κ2) is 10.8. The molecular weight excluding hydrogens is 450 g/mol. The van der Waals surface area contributed by atoms with Crippen molar-refractivity contribution in [2.24, 2.45) is 0 Å². The number of carbonyl (C=O) groups is 1. The van der Waals surface area contributed by atoms with Gasteiger partial charge in [-0.25, -0.2) is 4.79 Å². The van der Waals surface area contributed by atoms with Crippen LogP contribution in [-0.2, 0) is 12.8 Å². The molecule has 36 heavy (non-hydrogen) atoms. The molecule has 4 aromatic carbocycles. The molecular formula is C31H27NO4. The Balaban J connectivity index is 1.29. The number of ether oxygens (including phenoxy) is 2. The topological polar surface area (TPSA) is 71.5 Å². The first-order valence-corrected chi connectivity index (χ1v) is 12.0. The molecule has 0 fully saturated rings. The Morgan fingerprint density at radius 3 is 2.56 bits per heavy atom. The molecule has 0 unspecified atom stereocenters. The van der Waals surface area contributed by atoms with Gasteiger partial charge in [-0.1, -0.05) is 91.0 Å². The molecule has 0 aliphatic heterocycles. The summed E-state index contributed by atoms with van der Waals surface area (Å²) >= 11 is 0. The van der Waals surface area contributed by atoms with E-state index in [1.807, 2.05) is 60.7 Å². The third kappa shape index (κ3) is 5.41. The van der Waals surface area contributed by atoms with Crippen LogP contribution in [0.15, 0.2) is 97.1 Å². The molecule has 0 bridgehead atoms. The van der Waals surface area contributed by atoms with Crippen LogP contribution in [0, 0.1) is 0 Å². The van der Waals surface area contributed by atoms with Crippen molar-refractivity contribution in [1.29, 1.82) is 0 Å². The highest BCUT2D eigenvalue weighted by molar-refractivity contribution is 5.89. The van der Waals surface area contributed by atoms with E-state index in [0.717, 1.165) is 45.0 Å². The molecule has 2 N–H and O–H groups in total. The van der Waals surface area contributed by atoms with Gasteiger partial charge >= 0.3 is 6.16 Å². The van der Waals surface area contributed by atoms with Gasteiger partial charge in [0.1, 0.15) is 5.75 Å². The Hall–Kier alpha value is -4.51. The Kier molecular flexibility index (Phi) is 6.99. The predicted octanol–water partition coefficient (Wildman–Crippen LogP) is 7.65. The van der Waals surface area contributed by atoms with Gasteiger partial charge in [-0.2, -0.15) is 0 Å². The van der Waals surface area contributed by atoms with Crippen LogP contribution in [0.2, 0.25) is 0 Å². The van der Waals surface area contributed by atoms with Gasteiger partial charge in [0.25, 0.3) is 0 Å². The summed E-state index contributed by atoms with van der Waals surface area (Å²) in [5.74, 6) is 1.12. The number of aromatic amines is 1. The van der Waals surface area contributed by atoms with Crippen molar-refractivity contribution in [1.82, 2.24) is 4.98 Å². The van der Waals surface area contributed by atoms with Gasteiger partial charge in [0.05, 0.1) is 6.61 Å². The van der Waals surface area contributed by atoms with Crippen molar-refractivity contribution in [2.75, 3.05) is 6.61 Å². The minimum atomic E-state index is -1.34. The molecule has 0 spiro atoms. The largest absolute Gasteiger partial charge is 0.512 e. The molecule has 0 aliphatic carbocycles. The normalized spacial score (nSPS) is 11.3. The van der Waals surface area contributed by atoms with E-state index in [4.69, 9.17) is 9.47 Å². The number of aromatic nitrogens is 1. The van der Waals surface area contributed by atoms with Gasteiger partial charge in [-0.3, -0.25) is 0 Å². The molecule has 0 saturated carbocycles. The molecule has 5 nitrogen and oxygen atoms in total. The summed E-state index contributed by atoms with van der Waals surface area (Å²) in [6, 6.07) is 30.5. The molecule has 0 radical (unpaired) electrons. The van der Waals surface area contributed by atoms with Crippen LogP contribution < -0.4 is 9.47 Å². The lowest BCUT2D eigenvalue weighted by Crippen LogP contribution is -2.06. The van der Waals surface area contributed by atoms with Crippen LogP contribution in [0.25, 0.3) is 27.8 Å². The van der Waals surface area contributed by atoms with Crippen molar-refractivity contribution in [2.45, 2.75) is 19.3 Å². The molecule has 1 heterocycles. The summed E-state index contributed by atoms with van der Waals surface area (Å²) in [5.41, 5.74) is 3.97. The average Bonchev–Trinajstić information content (AvgIpc) is 3.22. The SMILES string of the molecule is O=C(O)Oc1[nH]c2cc(/C=C/Cc3ccccc3)ccc2c1CCCOc1cccc2ccccc12. The maximum atomic E-state index is 11.3. The monoisotopic (exact) mass is 477 g/mol. The van der Waals surface area contributed by atoms with Crippen LogP contribution >= 0.6 is 0 Å². The van der Waals surface area contributed by atoms with Crippen LogP contribution in [0.5, 0.6) is 11.6 Å². The molecule has 5 aromatic rings. The Morgan fingerprint density at radius 2 is 1.69 bits per heavy atom. The number of H-pyrrole nitrogens is 1. The quantitative estimate of drug-likeness (QED) is 0.169. The zero-order chi connectivity index (χ0) is 24.7. The van der Waals surface area contributed by atoms with Crippen LogP contribution in [0.4, 0.5) is 4.79 Å². The fourth-order valence-electron chi connectivity index (χ4n) is 4.47. The van der Waals surface area contributed by atoms with Gasteiger partial charge in [0, 0.05) is 21.9 Å². The zero-order valence-electron chi connectivity index (χ0n) is 19.8. The first-order chi connectivity index (χ1) is 17.7. The highest BCUT2D eigenvalue weighted by Crippen LogP contribution is 2.31. The maximum Gasteiger partial charge on any atom is 0.512 e. The molecule has 5 rings (SSSR count). The van der Waals surface area contributed by atoms with E-state index in [1.54, 1.807) is 0 Å². The molecule has 0 atom stereocenters. The van der Waals surface area contributed by atoms with Crippen molar-refractivity contribution < 1.29 is 19.4 Å². The smallest absolute Gasteiger partial charge is 0.493 e. The number of hydrogen-bond donors (Lipinski definition) is 2. The third-order valence-corrected chi connectivity index (χ3v) is 6.17. The number of hydrogen-bond acceptors (Lipinski definition) is 3. The Labute approximate surface area is 209 Å². The summed E-state index contributed by atoms with van der Waals surface area (Å²) in [5, 5.41) is 12.4. The minimum absolute atomic E-state index is 0.271. The molecule has 180 valence electrons. The van der Waals surface area contributed by atoms with E-state index >= 15 is 0 Å². The first kappa shape index (κ1) is 23.2. The van der Waals surface area contributed by atoms with Gasteiger partial charge in [-0.05, 0) is 47.9 Å². The number of allylic oxidation sites excluding steroid dienone is 1. The van der Waals surface area contributed by atoms with Crippen molar-refractivity contribution in [3.8, 4) is 11.6 Å². The molecule has 1 aromatic heterocycles. The van der Waals surface area contributed by atoms with E-state index in [0.29, 0.717) is 19.4 Å². The fraction of sp³-hybridized carbons (Fsp3) is 0.129.